The van der Waals surface area contributed by atoms with Crippen LogP contribution in [0.4, 0.5) is 0 Å². The van der Waals surface area contributed by atoms with E-state index < -0.39 is 0 Å². The Morgan fingerprint density at radius 2 is 2.33 bits per heavy atom. The fraction of sp³-hybridized carbons (Fsp3) is 0.778. The minimum atomic E-state index is 0.538. The van der Waals surface area contributed by atoms with E-state index in [4.69, 9.17) is 0 Å². The van der Waals surface area contributed by atoms with Crippen LogP contribution in [0.2, 0.25) is 0 Å². The third-order valence-corrected chi connectivity index (χ3v) is 2.20. The summed E-state index contributed by atoms with van der Waals surface area (Å²) in [4.78, 5) is 0. The fourth-order valence-corrected chi connectivity index (χ4v) is 1.36. The van der Waals surface area contributed by atoms with Crippen molar-refractivity contribution >= 4 is 0 Å². The molecule has 3 nitrogen and oxygen atoms in total. The van der Waals surface area contributed by atoms with Crippen molar-refractivity contribution in [3.63, 3.8) is 0 Å². The van der Waals surface area contributed by atoms with Crippen LogP contribution in [-0.2, 0) is 0 Å². The molecule has 0 spiro atoms. The molecule has 0 fully saturated rings. The maximum Gasteiger partial charge on any atom is 0.108 e. The molecule has 1 unspecified atom stereocenters. The molecule has 0 aliphatic heterocycles. The molecule has 0 bridgehead atoms. The number of hydrogen-bond acceptors (Lipinski definition) is 3. The van der Waals surface area contributed by atoms with Gasteiger partial charge in [0.05, 0.1) is 6.20 Å². The summed E-state index contributed by atoms with van der Waals surface area (Å²) >= 11 is 0. The number of rotatable bonds is 5. The van der Waals surface area contributed by atoms with E-state index >= 15 is 0 Å². The van der Waals surface area contributed by atoms with Crippen LogP contribution in [0, 0.1) is 0 Å². The van der Waals surface area contributed by atoms with Crippen LogP contribution in [0.1, 0.15) is 51.1 Å². The molecule has 0 radical (unpaired) electrons. The lowest BCUT2D eigenvalue weighted by atomic mass is 9.97. The summed E-state index contributed by atoms with van der Waals surface area (Å²) in [5.41, 5.74) is 1.01. The van der Waals surface area contributed by atoms with Gasteiger partial charge in [-0.1, -0.05) is 37.0 Å². The van der Waals surface area contributed by atoms with E-state index in [1.807, 2.05) is 0 Å². The second kappa shape index (κ2) is 4.91. The van der Waals surface area contributed by atoms with Gasteiger partial charge in [-0.15, -0.1) is 0 Å². The first-order valence-electron chi connectivity index (χ1n) is 4.66. The van der Waals surface area contributed by atoms with E-state index in [-0.39, 0.29) is 0 Å². The summed E-state index contributed by atoms with van der Waals surface area (Å²) in [7, 11) is 0. The average Bonchev–Trinajstić information content (AvgIpc) is 2.59. The first-order valence-corrected chi connectivity index (χ1v) is 4.66. The Balaban J connectivity index is 2.45. The van der Waals surface area contributed by atoms with Gasteiger partial charge in [0.1, 0.15) is 5.69 Å². The first kappa shape index (κ1) is 9.23. The van der Waals surface area contributed by atoms with E-state index in [1.54, 1.807) is 6.20 Å². The summed E-state index contributed by atoms with van der Waals surface area (Å²) in [6.45, 7) is 4.38. The molecule has 0 aromatic carbocycles. The van der Waals surface area contributed by atoms with E-state index in [0.717, 1.165) is 12.1 Å². The Kier molecular flexibility index (Phi) is 3.77. The van der Waals surface area contributed by atoms with Gasteiger partial charge in [0, 0.05) is 5.92 Å². The van der Waals surface area contributed by atoms with Crippen LogP contribution in [0.3, 0.4) is 0 Å². The van der Waals surface area contributed by atoms with E-state index in [2.05, 4.69) is 28.8 Å². The minimum Gasteiger partial charge on any atom is -0.244 e. The summed E-state index contributed by atoms with van der Waals surface area (Å²) in [5, 5.41) is 7.47. The van der Waals surface area contributed by atoms with E-state index in [9.17, 15) is 0 Å². The van der Waals surface area contributed by atoms with Gasteiger partial charge in [-0.05, 0) is 12.8 Å². The normalized spacial score (nSPS) is 13.2. The molecular weight excluding hydrogens is 152 g/mol. The molecule has 1 rings (SSSR count). The zero-order valence-corrected chi connectivity index (χ0v) is 7.79. The minimum absolute atomic E-state index is 0.538. The summed E-state index contributed by atoms with van der Waals surface area (Å²) in [6, 6.07) is 0. The lowest BCUT2D eigenvalue weighted by Gasteiger charge is -2.08. The molecule has 12 heavy (non-hydrogen) atoms. The van der Waals surface area contributed by atoms with Gasteiger partial charge < -0.3 is 0 Å². The van der Waals surface area contributed by atoms with Crippen molar-refractivity contribution in [3.8, 4) is 0 Å². The standard InChI is InChI=1S/C9H16N2O/c1-3-5-6-8(4-2)9-7-10-12-11-9/h7-8H,3-6H2,1-2H3. The van der Waals surface area contributed by atoms with Crippen molar-refractivity contribution in [3.05, 3.63) is 11.9 Å². The molecule has 0 amide bonds. The highest BCUT2D eigenvalue weighted by Crippen LogP contribution is 2.22. The van der Waals surface area contributed by atoms with Gasteiger partial charge in [-0.2, -0.15) is 0 Å². The molecular formula is C9H16N2O. The fourth-order valence-electron chi connectivity index (χ4n) is 1.36. The van der Waals surface area contributed by atoms with Crippen molar-refractivity contribution < 1.29 is 4.63 Å². The molecule has 0 aliphatic carbocycles. The number of hydrogen-bond donors (Lipinski definition) is 0. The quantitative estimate of drug-likeness (QED) is 0.678. The highest BCUT2D eigenvalue weighted by atomic mass is 16.6. The van der Waals surface area contributed by atoms with Gasteiger partial charge >= 0.3 is 0 Å². The molecule has 0 saturated carbocycles. The molecule has 1 heterocycles. The van der Waals surface area contributed by atoms with Gasteiger partial charge in [-0.25, -0.2) is 4.63 Å². The zero-order valence-electron chi connectivity index (χ0n) is 7.79. The largest absolute Gasteiger partial charge is 0.244 e. The van der Waals surface area contributed by atoms with Gasteiger partial charge in [0.25, 0.3) is 0 Å². The van der Waals surface area contributed by atoms with Crippen molar-refractivity contribution in [1.82, 2.24) is 10.3 Å². The second-order valence-corrected chi connectivity index (χ2v) is 3.08. The van der Waals surface area contributed by atoms with Crippen molar-refractivity contribution in [2.75, 3.05) is 0 Å². The molecule has 68 valence electrons. The molecule has 0 saturated heterocycles. The lowest BCUT2D eigenvalue weighted by molar-refractivity contribution is 0.299. The first-order chi connectivity index (χ1) is 5.88. The lowest BCUT2D eigenvalue weighted by Crippen LogP contribution is -1.97. The van der Waals surface area contributed by atoms with Crippen molar-refractivity contribution in [1.29, 1.82) is 0 Å². The Morgan fingerprint density at radius 1 is 1.50 bits per heavy atom. The average molecular weight is 168 g/mol. The molecule has 0 N–H and O–H groups in total. The zero-order chi connectivity index (χ0) is 8.81. The topological polar surface area (TPSA) is 38.9 Å². The predicted octanol–water partition coefficient (Wildman–Crippen LogP) is 2.75. The summed E-state index contributed by atoms with van der Waals surface area (Å²) in [5.74, 6) is 0.538. The number of nitrogens with zero attached hydrogens (tertiary/aromatic N) is 2. The van der Waals surface area contributed by atoms with Crippen LogP contribution >= 0.6 is 0 Å². The second-order valence-electron chi connectivity index (χ2n) is 3.08. The third kappa shape index (κ3) is 2.32. The van der Waals surface area contributed by atoms with E-state index in [0.29, 0.717) is 5.92 Å². The highest BCUT2D eigenvalue weighted by molar-refractivity contribution is 4.98. The van der Waals surface area contributed by atoms with E-state index in [1.165, 1.54) is 19.3 Å². The smallest absolute Gasteiger partial charge is 0.108 e. The summed E-state index contributed by atoms with van der Waals surface area (Å²) in [6.07, 6.45) is 6.53. The van der Waals surface area contributed by atoms with Crippen LogP contribution < -0.4 is 0 Å². The molecule has 0 aliphatic rings. The van der Waals surface area contributed by atoms with Gasteiger partial charge in [0.15, 0.2) is 0 Å². The molecule has 3 heteroatoms. The SMILES string of the molecule is CCCCC(CC)c1cnon1. The predicted molar refractivity (Wildman–Crippen MR) is 46.9 cm³/mol. The molecule has 1 aromatic heterocycles. The van der Waals surface area contributed by atoms with Crippen molar-refractivity contribution in [2.24, 2.45) is 0 Å². The number of unbranched alkanes of at least 4 members (excludes halogenated alkanes) is 1. The van der Waals surface area contributed by atoms with Crippen LogP contribution in [0.15, 0.2) is 10.8 Å². The van der Waals surface area contributed by atoms with Crippen LogP contribution in [-0.4, -0.2) is 10.3 Å². The Labute approximate surface area is 73.1 Å². The highest BCUT2D eigenvalue weighted by Gasteiger charge is 2.11. The maximum atomic E-state index is 4.58. The number of aromatic nitrogens is 2. The van der Waals surface area contributed by atoms with Gasteiger partial charge in [-0.3, -0.25) is 0 Å². The monoisotopic (exact) mass is 168 g/mol. The Hall–Kier alpha value is -0.860. The Bertz CT molecular complexity index is 196. The maximum absolute atomic E-state index is 4.58. The molecule has 1 atom stereocenters. The Morgan fingerprint density at radius 3 is 2.83 bits per heavy atom. The molecule has 1 aromatic rings. The van der Waals surface area contributed by atoms with Gasteiger partial charge in [0.2, 0.25) is 0 Å². The van der Waals surface area contributed by atoms with Crippen LogP contribution in [0.5, 0.6) is 0 Å². The van der Waals surface area contributed by atoms with Crippen LogP contribution in [0.25, 0.3) is 0 Å². The van der Waals surface area contributed by atoms with Crippen molar-refractivity contribution in [2.45, 2.75) is 45.4 Å². The summed E-state index contributed by atoms with van der Waals surface area (Å²) < 4.78 is 4.58. The third-order valence-electron chi connectivity index (χ3n) is 2.20.